The van der Waals surface area contributed by atoms with Gasteiger partial charge in [0, 0.05) is 20.2 Å². The third-order valence-electron chi connectivity index (χ3n) is 6.18. The van der Waals surface area contributed by atoms with Gasteiger partial charge in [0.25, 0.3) is 5.92 Å². The smallest absolute Gasteiger partial charge is 0.272 e. The molecule has 1 spiro atoms. The molecule has 1 aliphatic carbocycles. The first kappa shape index (κ1) is 20.2. The maximum Gasteiger partial charge on any atom is 0.272 e. The van der Waals surface area contributed by atoms with E-state index in [9.17, 15) is 4.79 Å². The number of benzene rings is 1. The van der Waals surface area contributed by atoms with Gasteiger partial charge in [0.15, 0.2) is 0 Å². The maximum absolute atomic E-state index is 15.1. The predicted molar refractivity (Wildman–Crippen MR) is 106 cm³/mol. The fraction of sp³-hybridized carbons (Fsp3) is 0.682. The Kier molecular flexibility index (Phi) is 5.37. The predicted octanol–water partition coefficient (Wildman–Crippen LogP) is 4.92. The van der Waals surface area contributed by atoms with Crippen molar-refractivity contribution in [2.45, 2.75) is 70.8 Å². The number of amides is 1. The van der Waals surface area contributed by atoms with Crippen molar-refractivity contribution in [1.82, 2.24) is 10.2 Å². The normalized spacial score (nSPS) is 24.4. The minimum atomic E-state index is -2.94. The molecule has 152 valence electrons. The minimum absolute atomic E-state index is 0. The highest BCUT2D eigenvalue weighted by atomic mass is 19.3. The topological polar surface area (TPSA) is 32.3 Å². The van der Waals surface area contributed by atoms with E-state index in [1.165, 1.54) is 6.92 Å². The monoisotopic (exact) mass is 380 g/mol. The van der Waals surface area contributed by atoms with E-state index in [1.54, 1.807) is 12.1 Å². The lowest BCUT2D eigenvalue weighted by atomic mass is 9.62. The Morgan fingerprint density at radius 1 is 1.26 bits per heavy atom. The quantitative estimate of drug-likeness (QED) is 0.807. The number of piperidine rings is 1. The summed E-state index contributed by atoms with van der Waals surface area (Å²) in [6.07, 6.45) is 2.42. The maximum atomic E-state index is 15.1. The van der Waals surface area contributed by atoms with Gasteiger partial charge in [-0.05, 0) is 55.4 Å². The summed E-state index contributed by atoms with van der Waals surface area (Å²) in [7, 11) is 0. The number of rotatable bonds is 3. The average Bonchev–Trinajstić information content (AvgIpc) is 2.57. The molecule has 1 aromatic rings. The van der Waals surface area contributed by atoms with Gasteiger partial charge in [0.1, 0.15) is 6.04 Å². The summed E-state index contributed by atoms with van der Waals surface area (Å²) < 4.78 is 30.2. The van der Waals surface area contributed by atoms with E-state index in [-0.39, 0.29) is 13.3 Å². The van der Waals surface area contributed by atoms with Crippen molar-refractivity contribution in [2.24, 2.45) is 5.41 Å². The fourth-order valence-corrected chi connectivity index (χ4v) is 4.64. The number of nitrogens with one attached hydrogen (secondary N) is 1. The molecule has 1 amide bonds. The number of carbonyl (C=O) groups excluding carboxylic acids is 1. The highest BCUT2D eigenvalue weighted by Gasteiger charge is 2.55. The molecule has 1 N–H and O–H groups in total. The molecule has 0 saturated carbocycles. The number of halogens is 2. The van der Waals surface area contributed by atoms with Gasteiger partial charge in [-0.1, -0.05) is 45.0 Å². The molecule has 2 aliphatic rings. The number of nitrogens with zero attached hydrogens (tertiary/aromatic N) is 1. The number of likely N-dealkylation sites (tertiary alicyclic amines) is 1. The van der Waals surface area contributed by atoms with Crippen LogP contribution in [0.25, 0.3) is 0 Å². The summed E-state index contributed by atoms with van der Waals surface area (Å²) in [4.78, 5) is 13.9. The molecule has 0 aromatic heterocycles. The third kappa shape index (κ3) is 4.34. The molecule has 1 saturated heterocycles. The van der Waals surface area contributed by atoms with Crippen LogP contribution in [0, 0.1) is 5.41 Å². The minimum Gasteiger partial charge on any atom is -0.344 e. The second-order valence-corrected chi connectivity index (χ2v) is 9.59. The van der Waals surface area contributed by atoms with Gasteiger partial charge in [-0.15, -0.1) is 0 Å². The van der Waals surface area contributed by atoms with Crippen LogP contribution in [0.15, 0.2) is 24.3 Å². The summed E-state index contributed by atoms with van der Waals surface area (Å²) >= 11 is 0. The Bertz CT molecular complexity index is 694. The summed E-state index contributed by atoms with van der Waals surface area (Å²) in [6.45, 7) is 10.7. The molecule has 1 fully saturated rings. The van der Waals surface area contributed by atoms with Crippen LogP contribution in [0.2, 0.25) is 0 Å². The van der Waals surface area contributed by atoms with Crippen molar-refractivity contribution in [1.29, 1.82) is 0 Å². The van der Waals surface area contributed by atoms with Crippen LogP contribution in [0.5, 0.6) is 0 Å². The molecule has 1 heterocycles. The van der Waals surface area contributed by atoms with Crippen molar-refractivity contribution in [3.63, 3.8) is 0 Å². The molecule has 0 bridgehead atoms. The van der Waals surface area contributed by atoms with Crippen molar-refractivity contribution >= 4 is 5.91 Å². The Hall–Kier alpha value is -1.49. The first-order valence-electron chi connectivity index (χ1n) is 9.99. The number of hydrogen-bond donors (Lipinski definition) is 1. The van der Waals surface area contributed by atoms with Crippen molar-refractivity contribution in [2.75, 3.05) is 19.6 Å². The van der Waals surface area contributed by atoms with E-state index in [2.05, 4.69) is 31.0 Å². The van der Waals surface area contributed by atoms with Crippen LogP contribution < -0.4 is 5.32 Å². The highest BCUT2D eigenvalue weighted by molar-refractivity contribution is 5.74. The molecule has 0 radical (unpaired) electrons. The Morgan fingerprint density at radius 2 is 1.89 bits per heavy atom. The standard InChI is InChI=1S/C22H32F2N2O.H2/c1-16(27)25-19-17-7-5-6-8-18(17)21(15-22(19,23)24)10-13-26(14-11-21)12-9-20(2,3)4;/h5-8,19H,9-15H2,1-4H3,(H,25,27);1H/t19-;/m1./s1. The fourth-order valence-electron chi connectivity index (χ4n) is 4.64. The van der Waals surface area contributed by atoms with Crippen LogP contribution in [-0.4, -0.2) is 36.4 Å². The Labute approximate surface area is 163 Å². The van der Waals surface area contributed by atoms with E-state index in [4.69, 9.17) is 0 Å². The lowest BCUT2D eigenvalue weighted by Gasteiger charge is -2.50. The molecular formula is C22H34F2N2O. The molecule has 1 aliphatic heterocycles. The number of hydrogen-bond acceptors (Lipinski definition) is 2. The van der Waals surface area contributed by atoms with Crippen LogP contribution in [0.4, 0.5) is 8.78 Å². The van der Waals surface area contributed by atoms with Gasteiger partial charge in [-0.25, -0.2) is 8.78 Å². The van der Waals surface area contributed by atoms with Crippen LogP contribution in [-0.2, 0) is 10.2 Å². The zero-order chi connectivity index (χ0) is 19.9. The molecule has 5 heteroatoms. The van der Waals surface area contributed by atoms with Crippen LogP contribution in [0.3, 0.4) is 0 Å². The first-order chi connectivity index (χ1) is 12.5. The van der Waals surface area contributed by atoms with Crippen LogP contribution in [0.1, 0.15) is 72.0 Å². The molecule has 27 heavy (non-hydrogen) atoms. The zero-order valence-electron chi connectivity index (χ0n) is 16.9. The van der Waals surface area contributed by atoms with Crippen molar-refractivity contribution in [3.8, 4) is 0 Å². The van der Waals surface area contributed by atoms with E-state index >= 15 is 8.78 Å². The van der Waals surface area contributed by atoms with E-state index in [0.29, 0.717) is 5.56 Å². The van der Waals surface area contributed by atoms with Gasteiger partial charge in [0.2, 0.25) is 5.91 Å². The van der Waals surface area contributed by atoms with Gasteiger partial charge < -0.3 is 10.2 Å². The van der Waals surface area contributed by atoms with Gasteiger partial charge >= 0.3 is 0 Å². The second kappa shape index (κ2) is 7.16. The molecular weight excluding hydrogens is 346 g/mol. The van der Waals surface area contributed by atoms with Crippen LogP contribution >= 0.6 is 0 Å². The molecule has 3 nitrogen and oxygen atoms in total. The van der Waals surface area contributed by atoms with E-state index < -0.39 is 23.3 Å². The average molecular weight is 381 g/mol. The number of carbonyl (C=O) groups is 1. The lowest BCUT2D eigenvalue weighted by Crippen LogP contribution is -2.53. The number of alkyl halides is 2. The van der Waals surface area contributed by atoms with E-state index in [0.717, 1.165) is 44.5 Å². The molecule has 0 unspecified atom stereocenters. The second-order valence-electron chi connectivity index (χ2n) is 9.59. The largest absolute Gasteiger partial charge is 0.344 e. The first-order valence-corrected chi connectivity index (χ1v) is 9.99. The lowest BCUT2D eigenvalue weighted by molar-refractivity contribution is -0.127. The zero-order valence-corrected chi connectivity index (χ0v) is 16.9. The highest BCUT2D eigenvalue weighted by Crippen LogP contribution is 2.54. The summed E-state index contributed by atoms with van der Waals surface area (Å²) in [6, 6.07) is 6.25. The van der Waals surface area contributed by atoms with Crippen molar-refractivity contribution in [3.05, 3.63) is 35.4 Å². The Morgan fingerprint density at radius 3 is 2.48 bits per heavy atom. The summed E-state index contributed by atoms with van der Waals surface area (Å²) in [5.74, 6) is -3.35. The van der Waals surface area contributed by atoms with Gasteiger partial charge in [-0.2, -0.15) is 0 Å². The van der Waals surface area contributed by atoms with Gasteiger partial charge in [-0.3, -0.25) is 4.79 Å². The Balaban J connectivity index is 0.00000280. The molecule has 1 atom stereocenters. The van der Waals surface area contributed by atoms with Crippen molar-refractivity contribution < 1.29 is 15.0 Å². The molecule has 3 rings (SSSR count). The number of fused-ring (bicyclic) bond motifs is 2. The summed E-state index contributed by atoms with van der Waals surface area (Å²) in [5.41, 5.74) is 1.38. The summed E-state index contributed by atoms with van der Waals surface area (Å²) in [5, 5.41) is 2.50. The SMILES string of the molecule is CC(=O)N[C@@H]1c2ccccc2C2(CCN(CCC(C)(C)C)CC2)CC1(F)F.[HH]. The van der Waals surface area contributed by atoms with E-state index in [1.807, 2.05) is 12.1 Å². The van der Waals surface area contributed by atoms with Gasteiger partial charge in [0.05, 0.1) is 0 Å². The third-order valence-corrected chi connectivity index (χ3v) is 6.18. The molecule has 1 aromatic carbocycles.